The Bertz CT molecular complexity index is 740. The standard InChI is InChI=1S/C19H22N4O2/c1-15-6-5-9-17(20-15)19(25)23-12-10-22(11-13-23)14-18(24)21-16-7-3-2-4-8-16/h2-9H,10-14H2,1H3,(H,21,24). The first-order chi connectivity index (χ1) is 12.1. The highest BCUT2D eigenvalue weighted by atomic mass is 16.2. The zero-order chi connectivity index (χ0) is 17.6. The number of rotatable bonds is 4. The van der Waals surface area contributed by atoms with Gasteiger partial charge >= 0.3 is 0 Å². The fourth-order valence-corrected chi connectivity index (χ4v) is 2.86. The lowest BCUT2D eigenvalue weighted by Crippen LogP contribution is -2.50. The van der Waals surface area contributed by atoms with Crippen molar-refractivity contribution in [2.24, 2.45) is 0 Å². The van der Waals surface area contributed by atoms with Gasteiger partial charge in [-0.1, -0.05) is 24.3 Å². The number of benzene rings is 1. The van der Waals surface area contributed by atoms with Gasteiger partial charge in [0.15, 0.2) is 0 Å². The van der Waals surface area contributed by atoms with Crippen LogP contribution in [0.2, 0.25) is 0 Å². The maximum Gasteiger partial charge on any atom is 0.272 e. The number of aromatic nitrogens is 1. The number of pyridine rings is 1. The van der Waals surface area contributed by atoms with Gasteiger partial charge in [0.05, 0.1) is 6.54 Å². The van der Waals surface area contributed by atoms with Crippen molar-refractivity contribution in [1.29, 1.82) is 0 Å². The Hall–Kier alpha value is -2.73. The highest BCUT2D eigenvalue weighted by molar-refractivity contribution is 5.93. The zero-order valence-electron chi connectivity index (χ0n) is 14.3. The molecule has 1 aromatic heterocycles. The normalized spacial score (nSPS) is 15.0. The minimum Gasteiger partial charge on any atom is -0.335 e. The molecule has 0 bridgehead atoms. The van der Waals surface area contributed by atoms with Crippen molar-refractivity contribution in [1.82, 2.24) is 14.8 Å². The Kier molecular flexibility index (Phi) is 5.40. The zero-order valence-corrected chi connectivity index (χ0v) is 14.3. The molecule has 25 heavy (non-hydrogen) atoms. The Morgan fingerprint density at radius 1 is 1.00 bits per heavy atom. The smallest absolute Gasteiger partial charge is 0.272 e. The number of piperazine rings is 1. The van der Waals surface area contributed by atoms with Crippen LogP contribution < -0.4 is 5.32 Å². The molecule has 0 saturated carbocycles. The van der Waals surface area contributed by atoms with Crippen LogP contribution in [0.5, 0.6) is 0 Å². The van der Waals surface area contributed by atoms with E-state index in [1.165, 1.54) is 0 Å². The van der Waals surface area contributed by atoms with E-state index in [0.717, 1.165) is 11.4 Å². The summed E-state index contributed by atoms with van der Waals surface area (Å²) in [5.41, 5.74) is 2.11. The number of anilines is 1. The number of hydrogen-bond acceptors (Lipinski definition) is 4. The van der Waals surface area contributed by atoms with Gasteiger partial charge in [0.2, 0.25) is 5.91 Å². The molecular formula is C19H22N4O2. The number of aryl methyl sites for hydroxylation is 1. The Morgan fingerprint density at radius 2 is 1.72 bits per heavy atom. The summed E-state index contributed by atoms with van der Waals surface area (Å²) in [6.45, 7) is 4.78. The van der Waals surface area contributed by atoms with Crippen molar-refractivity contribution < 1.29 is 9.59 Å². The number of nitrogens with zero attached hydrogens (tertiary/aromatic N) is 3. The van der Waals surface area contributed by atoms with Crippen LogP contribution in [0.15, 0.2) is 48.5 Å². The summed E-state index contributed by atoms with van der Waals surface area (Å²) >= 11 is 0. The lowest BCUT2D eigenvalue weighted by Gasteiger charge is -2.34. The molecule has 0 spiro atoms. The maximum absolute atomic E-state index is 12.5. The van der Waals surface area contributed by atoms with Gasteiger partial charge in [-0.15, -0.1) is 0 Å². The molecule has 2 amide bonds. The molecule has 1 saturated heterocycles. The number of amides is 2. The van der Waals surface area contributed by atoms with E-state index in [1.54, 1.807) is 11.0 Å². The second-order valence-corrected chi connectivity index (χ2v) is 6.15. The van der Waals surface area contributed by atoms with E-state index >= 15 is 0 Å². The summed E-state index contributed by atoms with van der Waals surface area (Å²) in [5, 5.41) is 2.88. The monoisotopic (exact) mass is 338 g/mol. The number of nitrogens with one attached hydrogen (secondary N) is 1. The van der Waals surface area contributed by atoms with Crippen LogP contribution in [-0.2, 0) is 4.79 Å². The molecule has 0 radical (unpaired) electrons. The maximum atomic E-state index is 12.5. The van der Waals surface area contributed by atoms with Gasteiger partial charge in [0.1, 0.15) is 5.69 Å². The van der Waals surface area contributed by atoms with E-state index in [9.17, 15) is 9.59 Å². The third-order valence-corrected chi connectivity index (χ3v) is 4.19. The van der Waals surface area contributed by atoms with Crippen LogP contribution >= 0.6 is 0 Å². The molecule has 1 aromatic carbocycles. The number of para-hydroxylation sites is 1. The van der Waals surface area contributed by atoms with Crippen LogP contribution in [0.4, 0.5) is 5.69 Å². The van der Waals surface area contributed by atoms with E-state index in [4.69, 9.17) is 0 Å². The third kappa shape index (κ3) is 4.64. The first-order valence-electron chi connectivity index (χ1n) is 8.42. The molecule has 3 rings (SSSR count). The second kappa shape index (κ2) is 7.90. The van der Waals surface area contributed by atoms with Crippen LogP contribution in [-0.4, -0.2) is 59.3 Å². The highest BCUT2D eigenvalue weighted by Crippen LogP contribution is 2.09. The number of carbonyl (C=O) groups excluding carboxylic acids is 2. The molecule has 1 fully saturated rings. The molecule has 0 atom stereocenters. The number of hydrogen-bond donors (Lipinski definition) is 1. The predicted octanol–water partition coefficient (Wildman–Crippen LogP) is 1.79. The fraction of sp³-hybridized carbons (Fsp3) is 0.316. The van der Waals surface area contributed by atoms with Gasteiger partial charge in [0.25, 0.3) is 5.91 Å². The molecule has 1 N–H and O–H groups in total. The van der Waals surface area contributed by atoms with Crippen molar-refractivity contribution in [3.8, 4) is 0 Å². The average Bonchev–Trinajstić information content (AvgIpc) is 2.62. The first-order valence-corrected chi connectivity index (χ1v) is 8.42. The minimum absolute atomic E-state index is 0.0358. The predicted molar refractivity (Wildman–Crippen MR) is 96.4 cm³/mol. The van der Waals surface area contributed by atoms with Crippen molar-refractivity contribution >= 4 is 17.5 Å². The quantitative estimate of drug-likeness (QED) is 0.923. The SMILES string of the molecule is Cc1cccc(C(=O)N2CCN(CC(=O)Nc3ccccc3)CC2)n1. The topological polar surface area (TPSA) is 65.5 Å². The largest absolute Gasteiger partial charge is 0.335 e. The summed E-state index contributed by atoms with van der Waals surface area (Å²) < 4.78 is 0. The molecule has 6 nitrogen and oxygen atoms in total. The molecule has 130 valence electrons. The van der Waals surface area contributed by atoms with E-state index in [1.807, 2.05) is 49.4 Å². The lowest BCUT2D eigenvalue weighted by molar-refractivity contribution is -0.117. The molecule has 2 aromatic rings. The van der Waals surface area contributed by atoms with Crippen LogP contribution in [0.1, 0.15) is 16.2 Å². The van der Waals surface area contributed by atoms with E-state index in [2.05, 4.69) is 15.2 Å². The summed E-state index contributed by atoms with van der Waals surface area (Å²) in [6.07, 6.45) is 0. The second-order valence-electron chi connectivity index (χ2n) is 6.15. The van der Waals surface area contributed by atoms with Gasteiger partial charge in [-0.2, -0.15) is 0 Å². The van der Waals surface area contributed by atoms with Crippen molar-refractivity contribution in [2.45, 2.75) is 6.92 Å². The van der Waals surface area contributed by atoms with Crippen LogP contribution in [0, 0.1) is 6.92 Å². The summed E-state index contributed by atoms with van der Waals surface area (Å²) in [7, 11) is 0. The summed E-state index contributed by atoms with van der Waals surface area (Å²) in [4.78, 5) is 32.8. The molecule has 2 heterocycles. The Labute approximate surface area is 147 Å². The highest BCUT2D eigenvalue weighted by Gasteiger charge is 2.24. The Balaban J connectivity index is 1.48. The number of carbonyl (C=O) groups is 2. The van der Waals surface area contributed by atoms with Crippen LogP contribution in [0.3, 0.4) is 0 Å². The Morgan fingerprint density at radius 3 is 2.40 bits per heavy atom. The van der Waals surface area contributed by atoms with Crippen LogP contribution in [0.25, 0.3) is 0 Å². The van der Waals surface area contributed by atoms with E-state index in [0.29, 0.717) is 38.4 Å². The van der Waals surface area contributed by atoms with Crippen molar-refractivity contribution in [3.63, 3.8) is 0 Å². The van der Waals surface area contributed by atoms with Gasteiger partial charge in [0, 0.05) is 37.6 Å². The van der Waals surface area contributed by atoms with Gasteiger partial charge in [-0.25, -0.2) is 4.98 Å². The average molecular weight is 338 g/mol. The molecule has 1 aliphatic heterocycles. The van der Waals surface area contributed by atoms with Crippen molar-refractivity contribution in [2.75, 3.05) is 38.0 Å². The molecule has 1 aliphatic rings. The van der Waals surface area contributed by atoms with Crippen molar-refractivity contribution in [3.05, 3.63) is 59.9 Å². The van der Waals surface area contributed by atoms with Gasteiger partial charge in [-0.05, 0) is 31.2 Å². The molecular weight excluding hydrogens is 316 g/mol. The molecule has 0 unspecified atom stereocenters. The van der Waals surface area contributed by atoms with E-state index in [-0.39, 0.29) is 11.8 Å². The minimum atomic E-state index is -0.0444. The first kappa shape index (κ1) is 17.1. The third-order valence-electron chi connectivity index (χ3n) is 4.19. The lowest BCUT2D eigenvalue weighted by atomic mass is 10.2. The van der Waals surface area contributed by atoms with E-state index < -0.39 is 0 Å². The fourth-order valence-electron chi connectivity index (χ4n) is 2.86. The summed E-state index contributed by atoms with van der Waals surface area (Å²) in [5.74, 6) is -0.0802. The van der Waals surface area contributed by atoms with Gasteiger partial charge < -0.3 is 10.2 Å². The molecule has 6 heteroatoms. The summed E-state index contributed by atoms with van der Waals surface area (Å²) in [6, 6.07) is 14.9. The molecule has 0 aliphatic carbocycles. The van der Waals surface area contributed by atoms with Gasteiger partial charge in [-0.3, -0.25) is 14.5 Å².